The van der Waals surface area contributed by atoms with Gasteiger partial charge in [0.1, 0.15) is 0 Å². The van der Waals surface area contributed by atoms with Crippen molar-refractivity contribution in [2.24, 2.45) is 0 Å². The lowest BCUT2D eigenvalue weighted by atomic mass is 10.1. The van der Waals surface area contributed by atoms with Crippen LogP contribution in [0.5, 0.6) is 0 Å². The molecule has 1 aliphatic heterocycles. The molecule has 1 saturated heterocycles. The molecule has 0 radical (unpaired) electrons. The van der Waals surface area contributed by atoms with Gasteiger partial charge in [-0.05, 0) is 20.3 Å². The van der Waals surface area contributed by atoms with E-state index in [-0.39, 0.29) is 0 Å². The third-order valence-electron chi connectivity index (χ3n) is 2.90. The fourth-order valence-corrected chi connectivity index (χ4v) is 2.15. The minimum atomic E-state index is -0.571. The van der Waals surface area contributed by atoms with E-state index in [1.54, 1.807) is 7.11 Å². The second-order valence-corrected chi connectivity index (χ2v) is 5.28. The first-order valence-corrected chi connectivity index (χ1v) is 6.17. The van der Waals surface area contributed by atoms with Gasteiger partial charge in [-0.15, -0.1) is 0 Å². The van der Waals surface area contributed by atoms with Crippen LogP contribution in [0.15, 0.2) is 0 Å². The molecule has 4 nitrogen and oxygen atoms in total. The van der Waals surface area contributed by atoms with E-state index in [1.165, 1.54) is 0 Å². The molecule has 0 aromatic rings. The molecule has 0 unspecified atom stereocenters. The fraction of sp³-hybridized carbons (Fsp3) is 1.00. The minimum Gasteiger partial charge on any atom is -0.389 e. The van der Waals surface area contributed by atoms with E-state index in [0.29, 0.717) is 0 Å². The molecule has 96 valence electrons. The summed E-state index contributed by atoms with van der Waals surface area (Å²) in [6, 6.07) is 0. The summed E-state index contributed by atoms with van der Waals surface area (Å²) in [5, 5.41) is 9.74. The van der Waals surface area contributed by atoms with Gasteiger partial charge in [-0.1, -0.05) is 0 Å². The second-order valence-electron chi connectivity index (χ2n) is 5.28. The maximum Gasteiger partial charge on any atom is 0.0718 e. The molecule has 0 aliphatic carbocycles. The van der Waals surface area contributed by atoms with Gasteiger partial charge in [-0.2, -0.15) is 0 Å². The Balaban J connectivity index is 2.13. The molecule has 1 aliphatic rings. The lowest BCUT2D eigenvalue weighted by Crippen LogP contribution is -2.50. The van der Waals surface area contributed by atoms with E-state index < -0.39 is 5.60 Å². The normalized spacial score (nSPS) is 20.2. The number of methoxy groups -OCH3 is 1. The van der Waals surface area contributed by atoms with Crippen molar-refractivity contribution in [1.29, 1.82) is 0 Å². The summed E-state index contributed by atoms with van der Waals surface area (Å²) in [5.41, 5.74) is -0.571. The zero-order chi connectivity index (χ0) is 12.0. The highest BCUT2D eigenvalue weighted by atomic mass is 16.5. The highest BCUT2D eigenvalue weighted by molar-refractivity contribution is 4.77. The van der Waals surface area contributed by atoms with Crippen LogP contribution >= 0.6 is 0 Å². The van der Waals surface area contributed by atoms with Crippen molar-refractivity contribution >= 4 is 0 Å². The quantitative estimate of drug-likeness (QED) is 0.671. The summed E-state index contributed by atoms with van der Waals surface area (Å²) >= 11 is 0. The highest BCUT2D eigenvalue weighted by Gasteiger charge is 2.22. The van der Waals surface area contributed by atoms with Gasteiger partial charge >= 0.3 is 0 Å². The number of rotatable bonds is 6. The molecule has 0 saturated carbocycles. The maximum atomic E-state index is 9.74. The Morgan fingerprint density at radius 1 is 1.12 bits per heavy atom. The van der Waals surface area contributed by atoms with Crippen LogP contribution in [0.1, 0.15) is 20.3 Å². The molecule has 1 fully saturated rings. The number of β-amino-alcohol motifs (C(OH)–C–C–N with tert-alkyl or cyclic N) is 1. The molecule has 0 atom stereocenters. The molecule has 1 heterocycles. The van der Waals surface area contributed by atoms with E-state index in [4.69, 9.17) is 4.74 Å². The Kier molecular flexibility index (Phi) is 5.69. The molecule has 16 heavy (non-hydrogen) atoms. The van der Waals surface area contributed by atoms with Crippen LogP contribution in [0.2, 0.25) is 0 Å². The molecule has 0 spiro atoms. The zero-order valence-electron chi connectivity index (χ0n) is 10.9. The van der Waals surface area contributed by atoms with Crippen molar-refractivity contribution in [2.75, 3.05) is 53.0 Å². The minimum absolute atomic E-state index is 0.571. The van der Waals surface area contributed by atoms with Crippen molar-refractivity contribution in [3.8, 4) is 0 Å². The topological polar surface area (TPSA) is 35.9 Å². The van der Waals surface area contributed by atoms with Crippen LogP contribution in [0, 0.1) is 0 Å². The molecular formula is C12H26N2O2. The average Bonchev–Trinajstić information content (AvgIpc) is 2.19. The van der Waals surface area contributed by atoms with Gasteiger partial charge in [-0.25, -0.2) is 0 Å². The van der Waals surface area contributed by atoms with Gasteiger partial charge in [0.05, 0.1) is 5.60 Å². The molecular weight excluding hydrogens is 204 g/mol. The molecule has 0 aromatic heterocycles. The van der Waals surface area contributed by atoms with Gasteiger partial charge < -0.3 is 14.7 Å². The highest BCUT2D eigenvalue weighted by Crippen LogP contribution is 2.08. The van der Waals surface area contributed by atoms with Crippen molar-refractivity contribution < 1.29 is 9.84 Å². The summed E-state index contributed by atoms with van der Waals surface area (Å²) in [5.74, 6) is 0. The summed E-state index contributed by atoms with van der Waals surface area (Å²) in [6.45, 7) is 10.9. The largest absolute Gasteiger partial charge is 0.389 e. The Morgan fingerprint density at radius 2 is 1.69 bits per heavy atom. The van der Waals surface area contributed by atoms with E-state index in [2.05, 4.69) is 9.80 Å². The van der Waals surface area contributed by atoms with Crippen molar-refractivity contribution in [1.82, 2.24) is 9.80 Å². The SMILES string of the molecule is COCCCN1CCN(CC(C)(C)O)CC1. The van der Waals surface area contributed by atoms with Crippen LogP contribution in [-0.2, 0) is 4.74 Å². The molecule has 4 heteroatoms. The van der Waals surface area contributed by atoms with Crippen LogP contribution in [0.3, 0.4) is 0 Å². The molecule has 1 N–H and O–H groups in total. The smallest absolute Gasteiger partial charge is 0.0718 e. The first-order valence-electron chi connectivity index (χ1n) is 6.17. The van der Waals surface area contributed by atoms with Crippen LogP contribution < -0.4 is 0 Å². The van der Waals surface area contributed by atoms with Crippen molar-refractivity contribution in [3.63, 3.8) is 0 Å². The summed E-state index contributed by atoms with van der Waals surface area (Å²) in [7, 11) is 1.75. The summed E-state index contributed by atoms with van der Waals surface area (Å²) in [4.78, 5) is 4.81. The molecule has 0 bridgehead atoms. The lowest BCUT2D eigenvalue weighted by molar-refractivity contribution is 0.0168. The van der Waals surface area contributed by atoms with Gasteiger partial charge in [0.2, 0.25) is 0 Å². The van der Waals surface area contributed by atoms with E-state index in [0.717, 1.165) is 52.3 Å². The zero-order valence-corrected chi connectivity index (χ0v) is 10.9. The first kappa shape index (κ1) is 13.9. The number of hydrogen-bond donors (Lipinski definition) is 1. The summed E-state index contributed by atoms with van der Waals surface area (Å²) < 4.78 is 5.05. The monoisotopic (exact) mass is 230 g/mol. The Hall–Kier alpha value is -0.160. The van der Waals surface area contributed by atoms with E-state index in [1.807, 2.05) is 13.8 Å². The van der Waals surface area contributed by atoms with E-state index >= 15 is 0 Å². The predicted octanol–water partition coefficient (Wildman–Crippen LogP) is 0.411. The van der Waals surface area contributed by atoms with Crippen molar-refractivity contribution in [3.05, 3.63) is 0 Å². The number of nitrogens with zero attached hydrogens (tertiary/aromatic N) is 2. The second kappa shape index (κ2) is 6.55. The number of hydrogen-bond acceptors (Lipinski definition) is 4. The maximum absolute atomic E-state index is 9.74. The third kappa shape index (κ3) is 5.80. The van der Waals surface area contributed by atoms with Crippen LogP contribution in [0.25, 0.3) is 0 Å². The van der Waals surface area contributed by atoms with Gasteiger partial charge in [0.25, 0.3) is 0 Å². The van der Waals surface area contributed by atoms with E-state index in [9.17, 15) is 5.11 Å². The molecule has 0 amide bonds. The van der Waals surface area contributed by atoms with Crippen LogP contribution in [0.4, 0.5) is 0 Å². The fourth-order valence-electron chi connectivity index (χ4n) is 2.15. The number of aliphatic hydroxyl groups is 1. The first-order chi connectivity index (χ1) is 7.51. The number of ether oxygens (including phenoxy) is 1. The predicted molar refractivity (Wildman–Crippen MR) is 65.7 cm³/mol. The average molecular weight is 230 g/mol. The Morgan fingerprint density at radius 3 is 2.19 bits per heavy atom. The Labute approximate surface area is 99.2 Å². The third-order valence-corrected chi connectivity index (χ3v) is 2.90. The van der Waals surface area contributed by atoms with Crippen molar-refractivity contribution in [2.45, 2.75) is 25.9 Å². The van der Waals surface area contributed by atoms with Gasteiger partial charge in [0, 0.05) is 53.0 Å². The Bertz CT molecular complexity index is 184. The van der Waals surface area contributed by atoms with Gasteiger partial charge in [-0.3, -0.25) is 4.90 Å². The van der Waals surface area contributed by atoms with Crippen LogP contribution in [-0.4, -0.2) is 73.5 Å². The molecule has 0 aromatic carbocycles. The summed E-state index contributed by atoms with van der Waals surface area (Å²) in [6.07, 6.45) is 1.11. The number of piperazine rings is 1. The standard InChI is InChI=1S/C12H26N2O2/c1-12(2,15)11-14-8-6-13(7-9-14)5-4-10-16-3/h15H,4-11H2,1-3H3. The lowest BCUT2D eigenvalue weighted by Gasteiger charge is -2.37. The molecule has 1 rings (SSSR count). The van der Waals surface area contributed by atoms with Gasteiger partial charge in [0.15, 0.2) is 0 Å².